The lowest BCUT2D eigenvalue weighted by molar-refractivity contribution is -0.121. The minimum absolute atomic E-state index is 0. The highest BCUT2D eigenvalue weighted by molar-refractivity contribution is 5.97. The molecule has 2 rings (SSSR count). The van der Waals surface area contributed by atoms with Gasteiger partial charge in [0.15, 0.2) is 0 Å². The Labute approximate surface area is 107 Å². The predicted octanol–water partition coefficient (Wildman–Crippen LogP) is 1.36. The Balaban J connectivity index is 0.00000144. The lowest BCUT2D eigenvalue weighted by Gasteiger charge is -2.21. The molecule has 1 saturated carbocycles. The fourth-order valence-corrected chi connectivity index (χ4v) is 2.20. The van der Waals surface area contributed by atoms with Crippen molar-refractivity contribution in [1.82, 2.24) is 9.78 Å². The van der Waals surface area contributed by atoms with E-state index in [0.29, 0.717) is 5.82 Å². The van der Waals surface area contributed by atoms with Gasteiger partial charge in [-0.05, 0) is 19.8 Å². The third-order valence-corrected chi connectivity index (χ3v) is 3.19. The highest BCUT2D eigenvalue weighted by Gasteiger charge is 2.37. The Bertz CT molecular complexity index is 410. The van der Waals surface area contributed by atoms with Crippen molar-refractivity contribution in [2.24, 2.45) is 12.8 Å². The van der Waals surface area contributed by atoms with Crippen molar-refractivity contribution >= 4 is 24.1 Å². The Kier molecular flexibility index (Phi) is 4.16. The summed E-state index contributed by atoms with van der Waals surface area (Å²) in [7, 11) is 1.81. The predicted molar refractivity (Wildman–Crippen MR) is 69.2 cm³/mol. The third kappa shape index (κ3) is 2.79. The molecule has 96 valence electrons. The summed E-state index contributed by atoms with van der Waals surface area (Å²) < 4.78 is 1.66. The maximum atomic E-state index is 12.0. The topological polar surface area (TPSA) is 72.9 Å². The van der Waals surface area contributed by atoms with E-state index >= 15 is 0 Å². The Hall–Kier alpha value is -1.07. The van der Waals surface area contributed by atoms with Gasteiger partial charge in [-0.3, -0.25) is 9.48 Å². The summed E-state index contributed by atoms with van der Waals surface area (Å²) in [6, 6.07) is 1.84. The number of amides is 1. The van der Waals surface area contributed by atoms with Gasteiger partial charge >= 0.3 is 0 Å². The van der Waals surface area contributed by atoms with Crippen LogP contribution in [0.15, 0.2) is 6.07 Å². The molecule has 0 aromatic carbocycles. The Morgan fingerprint density at radius 2 is 2.12 bits per heavy atom. The standard InChI is InChI=1S/C11H18N4O.ClH/c1-8-7-9(15(2)14-8)13-10(16)11(12)5-3-4-6-11;/h7H,3-6,12H2,1-2H3,(H,13,16);1H. The summed E-state index contributed by atoms with van der Waals surface area (Å²) in [5.41, 5.74) is 6.27. The molecule has 1 aliphatic carbocycles. The van der Waals surface area contributed by atoms with Crippen LogP contribution < -0.4 is 11.1 Å². The van der Waals surface area contributed by atoms with Crippen molar-refractivity contribution in [3.05, 3.63) is 11.8 Å². The number of hydrogen-bond acceptors (Lipinski definition) is 3. The smallest absolute Gasteiger partial charge is 0.245 e. The van der Waals surface area contributed by atoms with Crippen LogP contribution in [0.1, 0.15) is 31.4 Å². The number of nitrogens with one attached hydrogen (secondary N) is 1. The van der Waals surface area contributed by atoms with E-state index in [9.17, 15) is 4.79 Å². The first-order chi connectivity index (χ1) is 7.51. The first-order valence-corrected chi connectivity index (χ1v) is 5.62. The number of anilines is 1. The average molecular weight is 259 g/mol. The van der Waals surface area contributed by atoms with Gasteiger partial charge in [-0.25, -0.2) is 0 Å². The molecule has 1 aliphatic rings. The molecule has 1 heterocycles. The normalized spacial score (nSPS) is 17.6. The second-order valence-electron chi connectivity index (χ2n) is 4.61. The van der Waals surface area contributed by atoms with Gasteiger partial charge in [0.2, 0.25) is 5.91 Å². The fraction of sp³-hybridized carbons (Fsp3) is 0.636. The summed E-state index contributed by atoms with van der Waals surface area (Å²) >= 11 is 0. The number of rotatable bonds is 2. The largest absolute Gasteiger partial charge is 0.317 e. The SMILES string of the molecule is Cc1cc(NC(=O)C2(N)CCCC2)n(C)n1.Cl. The van der Waals surface area contributed by atoms with Crippen LogP contribution in [0, 0.1) is 6.92 Å². The maximum Gasteiger partial charge on any atom is 0.245 e. The van der Waals surface area contributed by atoms with Gasteiger partial charge in [0.1, 0.15) is 5.82 Å². The molecule has 0 spiro atoms. The van der Waals surface area contributed by atoms with E-state index in [2.05, 4.69) is 10.4 Å². The number of nitrogens with two attached hydrogens (primary N) is 1. The lowest BCUT2D eigenvalue weighted by atomic mass is 9.98. The zero-order valence-electron chi connectivity index (χ0n) is 10.2. The van der Waals surface area contributed by atoms with E-state index in [4.69, 9.17) is 5.73 Å². The van der Waals surface area contributed by atoms with Crippen molar-refractivity contribution in [2.75, 3.05) is 5.32 Å². The van der Waals surface area contributed by atoms with E-state index in [1.807, 2.05) is 13.0 Å². The number of halogens is 1. The summed E-state index contributed by atoms with van der Waals surface area (Å²) in [6.07, 6.45) is 3.62. The van der Waals surface area contributed by atoms with Crippen LogP contribution in [0.5, 0.6) is 0 Å². The molecule has 1 fully saturated rings. The first-order valence-electron chi connectivity index (χ1n) is 5.62. The molecular formula is C11H19ClN4O. The monoisotopic (exact) mass is 258 g/mol. The van der Waals surface area contributed by atoms with Crippen LogP contribution >= 0.6 is 12.4 Å². The number of nitrogens with zero attached hydrogens (tertiary/aromatic N) is 2. The average Bonchev–Trinajstić information content (AvgIpc) is 2.75. The fourth-order valence-electron chi connectivity index (χ4n) is 2.20. The molecular weight excluding hydrogens is 240 g/mol. The zero-order chi connectivity index (χ0) is 11.8. The van der Waals surface area contributed by atoms with Crippen molar-refractivity contribution in [3.8, 4) is 0 Å². The first kappa shape index (κ1) is 14.0. The van der Waals surface area contributed by atoms with Crippen LogP contribution in [0.4, 0.5) is 5.82 Å². The van der Waals surface area contributed by atoms with Crippen LogP contribution in [0.2, 0.25) is 0 Å². The molecule has 0 aliphatic heterocycles. The second-order valence-corrected chi connectivity index (χ2v) is 4.61. The zero-order valence-corrected chi connectivity index (χ0v) is 11.0. The van der Waals surface area contributed by atoms with E-state index in [0.717, 1.165) is 31.4 Å². The number of carbonyl (C=O) groups is 1. The van der Waals surface area contributed by atoms with Crippen molar-refractivity contribution < 1.29 is 4.79 Å². The van der Waals surface area contributed by atoms with Crippen molar-refractivity contribution in [1.29, 1.82) is 0 Å². The van der Waals surface area contributed by atoms with Gasteiger partial charge in [0.25, 0.3) is 0 Å². The summed E-state index contributed by atoms with van der Waals surface area (Å²) in [6.45, 7) is 1.89. The maximum absolute atomic E-state index is 12.0. The highest BCUT2D eigenvalue weighted by Crippen LogP contribution is 2.28. The van der Waals surface area contributed by atoms with Crippen LogP contribution in [0.25, 0.3) is 0 Å². The Morgan fingerprint density at radius 1 is 1.53 bits per heavy atom. The van der Waals surface area contributed by atoms with E-state index in [1.165, 1.54) is 0 Å². The minimum Gasteiger partial charge on any atom is -0.317 e. The number of aryl methyl sites for hydroxylation is 2. The molecule has 17 heavy (non-hydrogen) atoms. The third-order valence-electron chi connectivity index (χ3n) is 3.19. The van der Waals surface area contributed by atoms with Gasteiger partial charge in [0.05, 0.1) is 11.2 Å². The molecule has 0 bridgehead atoms. The number of hydrogen-bond donors (Lipinski definition) is 2. The summed E-state index contributed by atoms with van der Waals surface area (Å²) in [5, 5.41) is 7.02. The molecule has 5 nitrogen and oxygen atoms in total. The van der Waals surface area contributed by atoms with Crippen LogP contribution in [-0.4, -0.2) is 21.2 Å². The molecule has 1 aromatic rings. The molecule has 3 N–H and O–H groups in total. The van der Waals surface area contributed by atoms with Crippen molar-refractivity contribution in [2.45, 2.75) is 38.1 Å². The lowest BCUT2D eigenvalue weighted by Crippen LogP contribution is -2.48. The molecule has 0 saturated heterocycles. The molecule has 1 amide bonds. The van der Waals surface area contributed by atoms with Crippen LogP contribution in [-0.2, 0) is 11.8 Å². The molecule has 6 heteroatoms. The Morgan fingerprint density at radius 3 is 2.59 bits per heavy atom. The van der Waals surface area contributed by atoms with E-state index in [1.54, 1.807) is 11.7 Å². The molecule has 0 radical (unpaired) electrons. The minimum atomic E-state index is -0.682. The van der Waals surface area contributed by atoms with Gasteiger partial charge in [-0.15, -0.1) is 12.4 Å². The summed E-state index contributed by atoms with van der Waals surface area (Å²) in [5.74, 6) is 0.618. The highest BCUT2D eigenvalue weighted by atomic mass is 35.5. The van der Waals surface area contributed by atoms with E-state index < -0.39 is 5.54 Å². The molecule has 1 aromatic heterocycles. The van der Waals surface area contributed by atoms with Gasteiger partial charge in [0, 0.05) is 13.1 Å². The van der Waals surface area contributed by atoms with Gasteiger partial charge in [-0.2, -0.15) is 5.10 Å². The molecule has 0 unspecified atom stereocenters. The number of carbonyl (C=O) groups excluding carboxylic acids is 1. The van der Waals surface area contributed by atoms with E-state index in [-0.39, 0.29) is 18.3 Å². The van der Waals surface area contributed by atoms with Gasteiger partial charge in [-0.1, -0.05) is 12.8 Å². The quantitative estimate of drug-likeness (QED) is 0.841. The molecule has 0 atom stereocenters. The second kappa shape index (κ2) is 5.06. The number of aromatic nitrogens is 2. The van der Waals surface area contributed by atoms with Crippen molar-refractivity contribution in [3.63, 3.8) is 0 Å². The summed E-state index contributed by atoms with van der Waals surface area (Å²) in [4.78, 5) is 12.0. The van der Waals surface area contributed by atoms with Crippen LogP contribution in [0.3, 0.4) is 0 Å². The van der Waals surface area contributed by atoms with Gasteiger partial charge < -0.3 is 11.1 Å².